The Morgan fingerprint density at radius 2 is 2.31 bits per heavy atom. The molecule has 0 aliphatic rings. The summed E-state index contributed by atoms with van der Waals surface area (Å²) in [7, 11) is 0. The molecule has 0 N–H and O–H groups in total. The van der Waals surface area contributed by atoms with Crippen LogP contribution in [-0.4, -0.2) is 11.0 Å². The highest BCUT2D eigenvalue weighted by molar-refractivity contribution is 6.17. The van der Waals surface area contributed by atoms with Crippen molar-refractivity contribution < 1.29 is 14.1 Å². The molecule has 1 rings (SSSR count). The van der Waals surface area contributed by atoms with Gasteiger partial charge in [0.25, 0.3) is 0 Å². The topological polar surface area (TPSA) is 52.4 Å². The van der Waals surface area contributed by atoms with Crippen LogP contribution >= 0.6 is 11.6 Å². The molecule has 0 atom stereocenters. The van der Waals surface area contributed by atoms with Crippen molar-refractivity contribution in [3.63, 3.8) is 0 Å². The van der Waals surface area contributed by atoms with Crippen LogP contribution in [0, 0.1) is 15.9 Å². The second-order valence-corrected chi connectivity index (χ2v) is 2.32. The fraction of sp³-hybridized carbons (Fsp3) is 0.143. The van der Waals surface area contributed by atoms with E-state index in [1.165, 1.54) is 6.07 Å². The summed E-state index contributed by atoms with van der Waals surface area (Å²) in [5.74, 6) is -1.22. The van der Waals surface area contributed by atoms with Crippen molar-refractivity contribution in [2.24, 2.45) is 0 Å². The van der Waals surface area contributed by atoms with Crippen molar-refractivity contribution >= 4 is 17.3 Å². The molecule has 0 unspecified atom stereocenters. The van der Waals surface area contributed by atoms with E-state index in [0.29, 0.717) is 0 Å². The predicted molar refractivity (Wildman–Crippen MR) is 44.4 cm³/mol. The largest absolute Gasteiger partial charge is 0.468 e. The van der Waals surface area contributed by atoms with Crippen LogP contribution in [0.5, 0.6) is 5.75 Å². The fourth-order valence-electron chi connectivity index (χ4n) is 0.839. The molecule has 0 amide bonds. The van der Waals surface area contributed by atoms with Gasteiger partial charge in [0.2, 0.25) is 5.75 Å². The first-order chi connectivity index (χ1) is 6.16. The van der Waals surface area contributed by atoms with Crippen LogP contribution in [0.1, 0.15) is 0 Å². The molecule has 70 valence electrons. The van der Waals surface area contributed by atoms with Gasteiger partial charge in [0.1, 0.15) is 0 Å². The van der Waals surface area contributed by atoms with Crippen LogP contribution < -0.4 is 4.74 Å². The number of nitro benzene ring substituents is 1. The highest BCUT2D eigenvalue weighted by Gasteiger charge is 2.18. The van der Waals surface area contributed by atoms with Gasteiger partial charge in [-0.1, -0.05) is 17.7 Å². The molecular weight excluding hydrogens is 201 g/mol. The third-order valence-corrected chi connectivity index (χ3v) is 1.45. The summed E-state index contributed by atoms with van der Waals surface area (Å²) in [4.78, 5) is 9.63. The van der Waals surface area contributed by atoms with Gasteiger partial charge < -0.3 is 4.74 Å². The Morgan fingerprint density at radius 3 is 2.85 bits per heavy atom. The van der Waals surface area contributed by atoms with Gasteiger partial charge in [-0.05, 0) is 6.07 Å². The van der Waals surface area contributed by atoms with Gasteiger partial charge in [-0.25, -0.2) is 4.39 Å². The van der Waals surface area contributed by atoms with Crippen LogP contribution in [-0.2, 0) is 0 Å². The molecule has 1 aromatic rings. The molecule has 6 heteroatoms. The third-order valence-electron chi connectivity index (χ3n) is 1.34. The molecule has 1 aromatic carbocycles. The zero-order chi connectivity index (χ0) is 9.84. The molecule has 0 saturated heterocycles. The number of rotatable bonds is 3. The van der Waals surface area contributed by atoms with Gasteiger partial charge in [0, 0.05) is 6.07 Å². The van der Waals surface area contributed by atoms with Crippen LogP contribution in [0.2, 0.25) is 0 Å². The highest BCUT2D eigenvalue weighted by atomic mass is 35.5. The number of hydrogen-bond donors (Lipinski definition) is 0. The molecule has 0 bridgehead atoms. The zero-order valence-corrected chi connectivity index (χ0v) is 7.12. The SMILES string of the molecule is O=[N+]([O-])c1cccc(F)c1OCCl. The third kappa shape index (κ3) is 2.06. The number of hydrogen-bond acceptors (Lipinski definition) is 3. The Labute approximate surface area is 78.0 Å². The highest BCUT2D eigenvalue weighted by Crippen LogP contribution is 2.29. The van der Waals surface area contributed by atoms with Crippen molar-refractivity contribution in [2.75, 3.05) is 6.07 Å². The Balaban J connectivity index is 3.17. The molecule has 0 radical (unpaired) electrons. The lowest BCUT2D eigenvalue weighted by Crippen LogP contribution is -1.98. The Bertz CT molecular complexity index is 332. The van der Waals surface area contributed by atoms with Crippen molar-refractivity contribution in [2.45, 2.75) is 0 Å². The Kier molecular flexibility index (Phi) is 3.02. The number of nitro groups is 1. The Morgan fingerprint density at radius 1 is 1.62 bits per heavy atom. The number of halogens is 2. The van der Waals surface area contributed by atoms with Gasteiger partial charge in [-0.3, -0.25) is 10.1 Å². The number of alkyl halides is 1. The van der Waals surface area contributed by atoms with E-state index in [2.05, 4.69) is 4.74 Å². The first-order valence-corrected chi connectivity index (χ1v) is 3.82. The lowest BCUT2D eigenvalue weighted by Gasteiger charge is -2.02. The lowest BCUT2D eigenvalue weighted by molar-refractivity contribution is -0.386. The first kappa shape index (κ1) is 9.73. The second-order valence-electron chi connectivity index (χ2n) is 2.10. The van der Waals surface area contributed by atoms with Crippen LogP contribution in [0.25, 0.3) is 0 Å². The standard InChI is InChI=1S/C7H5ClFNO3/c8-4-13-7-5(9)2-1-3-6(7)10(11)12/h1-3H,4H2. The van der Waals surface area contributed by atoms with E-state index in [4.69, 9.17) is 11.6 Å². The minimum atomic E-state index is -0.796. The fourth-order valence-corrected chi connectivity index (χ4v) is 0.948. The summed E-state index contributed by atoms with van der Waals surface area (Å²) < 4.78 is 17.5. The summed E-state index contributed by atoms with van der Waals surface area (Å²) in [6.07, 6.45) is 0. The monoisotopic (exact) mass is 205 g/mol. The quantitative estimate of drug-likeness (QED) is 0.432. The summed E-state index contributed by atoms with van der Waals surface area (Å²) in [6.45, 7) is 0. The maximum absolute atomic E-state index is 12.9. The van der Waals surface area contributed by atoms with Crippen LogP contribution in [0.15, 0.2) is 18.2 Å². The maximum atomic E-state index is 12.9. The van der Waals surface area contributed by atoms with E-state index < -0.39 is 22.2 Å². The minimum absolute atomic E-state index is 0.332. The van der Waals surface area contributed by atoms with Crippen molar-refractivity contribution in [3.05, 3.63) is 34.1 Å². The van der Waals surface area contributed by atoms with E-state index in [0.717, 1.165) is 12.1 Å². The van der Waals surface area contributed by atoms with Gasteiger partial charge >= 0.3 is 5.69 Å². The average molecular weight is 206 g/mol. The molecule has 0 saturated carbocycles. The molecule has 0 aliphatic carbocycles. The predicted octanol–water partition coefficient (Wildman–Crippen LogP) is 2.31. The lowest BCUT2D eigenvalue weighted by atomic mass is 10.3. The van der Waals surface area contributed by atoms with Gasteiger partial charge in [-0.2, -0.15) is 0 Å². The van der Waals surface area contributed by atoms with Crippen molar-refractivity contribution in [1.82, 2.24) is 0 Å². The molecule has 4 nitrogen and oxygen atoms in total. The number of nitrogens with zero attached hydrogens (tertiary/aromatic N) is 1. The molecule has 0 aliphatic heterocycles. The maximum Gasteiger partial charge on any atom is 0.314 e. The Hall–Kier alpha value is -1.36. The second kappa shape index (κ2) is 4.04. The number of benzene rings is 1. The van der Waals surface area contributed by atoms with Crippen LogP contribution in [0.3, 0.4) is 0 Å². The summed E-state index contributed by atoms with van der Waals surface area (Å²) in [5.41, 5.74) is -0.430. The van der Waals surface area contributed by atoms with E-state index in [-0.39, 0.29) is 6.07 Å². The summed E-state index contributed by atoms with van der Waals surface area (Å²) in [5, 5.41) is 10.4. The summed E-state index contributed by atoms with van der Waals surface area (Å²) >= 11 is 5.17. The average Bonchev–Trinajstić information content (AvgIpc) is 2.08. The smallest absolute Gasteiger partial charge is 0.314 e. The van der Waals surface area contributed by atoms with Gasteiger partial charge in [0.15, 0.2) is 11.9 Å². The molecule has 0 heterocycles. The normalized spacial score (nSPS) is 9.69. The van der Waals surface area contributed by atoms with Crippen molar-refractivity contribution in [1.29, 1.82) is 0 Å². The molecular formula is C7H5ClFNO3. The minimum Gasteiger partial charge on any atom is -0.468 e. The molecule has 0 aromatic heterocycles. The van der Waals surface area contributed by atoms with Gasteiger partial charge in [0.05, 0.1) is 4.92 Å². The number of para-hydroxylation sites is 1. The summed E-state index contributed by atoms with van der Waals surface area (Å²) in [6, 6.07) is 3.11. The van der Waals surface area contributed by atoms with E-state index in [1.54, 1.807) is 0 Å². The van der Waals surface area contributed by atoms with Crippen LogP contribution in [0.4, 0.5) is 10.1 Å². The van der Waals surface area contributed by atoms with E-state index >= 15 is 0 Å². The molecule has 0 spiro atoms. The van der Waals surface area contributed by atoms with E-state index in [9.17, 15) is 14.5 Å². The van der Waals surface area contributed by atoms with Gasteiger partial charge in [-0.15, -0.1) is 0 Å². The molecule has 13 heavy (non-hydrogen) atoms. The van der Waals surface area contributed by atoms with Crippen molar-refractivity contribution in [3.8, 4) is 5.75 Å². The first-order valence-electron chi connectivity index (χ1n) is 3.28. The number of ether oxygens (including phenoxy) is 1. The zero-order valence-electron chi connectivity index (χ0n) is 6.37. The van der Waals surface area contributed by atoms with E-state index in [1.807, 2.05) is 0 Å². The molecule has 0 fully saturated rings.